The van der Waals surface area contributed by atoms with Gasteiger partial charge in [0.2, 0.25) is 10.0 Å². The first kappa shape index (κ1) is 23.6. The first-order valence-corrected chi connectivity index (χ1v) is 13.0. The molecule has 2 aliphatic heterocycles. The molecule has 7 nitrogen and oxygen atoms in total. The third-order valence-corrected chi connectivity index (χ3v) is 8.04. The van der Waals surface area contributed by atoms with E-state index in [1.807, 2.05) is 31.2 Å². The fraction of sp³-hybridized carbons (Fsp3) is 0.480. The zero-order chi connectivity index (χ0) is 23.6. The second kappa shape index (κ2) is 9.73. The van der Waals surface area contributed by atoms with Gasteiger partial charge in [-0.2, -0.15) is 4.31 Å². The van der Waals surface area contributed by atoms with E-state index in [4.69, 9.17) is 9.47 Å². The zero-order valence-corrected chi connectivity index (χ0v) is 20.3. The number of nitrogens with zero attached hydrogens (tertiary/aromatic N) is 2. The number of fused-ring (bicyclic) bond motifs is 1. The minimum absolute atomic E-state index is 0.164. The van der Waals surface area contributed by atoms with Gasteiger partial charge in [0, 0.05) is 25.2 Å². The van der Waals surface area contributed by atoms with Gasteiger partial charge in [-0.1, -0.05) is 32.0 Å². The van der Waals surface area contributed by atoms with Gasteiger partial charge in [-0.15, -0.1) is 0 Å². The van der Waals surface area contributed by atoms with Crippen LogP contribution >= 0.6 is 0 Å². The number of para-hydroxylation sites is 2. The third kappa shape index (κ3) is 5.17. The largest absolute Gasteiger partial charge is 0.486 e. The molecule has 33 heavy (non-hydrogen) atoms. The lowest BCUT2D eigenvalue weighted by atomic mass is 9.94. The van der Waals surface area contributed by atoms with Crippen LogP contribution in [0.4, 0.5) is 0 Å². The Morgan fingerprint density at radius 2 is 1.76 bits per heavy atom. The van der Waals surface area contributed by atoms with Crippen molar-refractivity contribution >= 4 is 15.9 Å². The van der Waals surface area contributed by atoms with Crippen LogP contribution in [0.1, 0.15) is 37.6 Å². The van der Waals surface area contributed by atoms with E-state index in [9.17, 15) is 13.2 Å². The number of sulfonamides is 1. The first-order valence-electron chi connectivity index (χ1n) is 11.6. The molecule has 1 saturated heterocycles. The summed E-state index contributed by atoms with van der Waals surface area (Å²) in [6.07, 6.45) is 0.722. The first-order chi connectivity index (χ1) is 15.8. The van der Waals surface area contributed by atoms with E-state index in [1.165, 1.54) is 6.07 Å². The van der Waals surface area contributed by atoms with E-state index in [-0.39, 0.29) is 16.9 Å². The molecule has 0 radical (unpaired) electrons. The van der Waals surface area contributed by atoms with Crippen molar-refractivity contribution in [1.29, 1.82) is 0 Å². The third-order valence-electron chi connectivity index (χ3n) is 6.21. The van der Waals surface area contributed by atoms with Gasteiger partial charge in [0.15, 0.2) is 17.6 Å². The summed E-state index contributed by atoms with van der Waals surface area (Å²) in [4.78, 5) is 15.1. The van der Waals surface area contributed by atoms with Crippen molar-refractivity contribution in [2.75, 3.05) is 32.8 Å². The molecule has 0 spiro atoms. The fourth-order valence-electron chi connectivity index (χ4n) is 4.68. The van der Waals surface area contributed by atoms with Gasteiger partial charge in [-0.3, -0.25) is 4.79 Å². The molecule has 2 aromatic rings. The van der Waals surface area contributed by atoms with Crippen LogP contribution in [-0.4, -0.2) is 62.4 Å². The highest BCUT2D eigenvalue weighted by atomic mass is 32.2. The molecule has 2 aromatic carbocycles. The van der Waals surface area contributed by atoms with Gasteiger partial charge in [0.25, 0.3) is 5.91 Å². The van der Waals surface area contributed by atoms with E-state index < -0.39 is 10.0 Å². The zero-order valence-electron chi connectivity index (χ0n) is 19.4. The summed E-state index contributed by atoms with van der Waals surface area (Å²) in [5.74, 6) is 1.76. The van der Waals surface area contributed by atoms with Crippen LogP contribution in [0.2, 0.25) is 0 Å². The lowest BCUT2D eigenvalue weighted by Gasteiger charge is -2.34. The van der Waals surface area contributed by atoms with Gasteiger partial charge in [0.1, 0.15) is 6.61 Å². The summed E-state index contributed by atoms with van der Waals surface area (Å²) >= 11 is 0. The summed E-state index contributed by atoms with van der Waals surface area (Å²) in [7, 11) is -3.66. The second-order valence-corrected chi connectivity index (χ2v) is 11.1. The van der Waals surface area contributed by atoms with Gasteiger partial charge in [0.05, 0.1) is 11.4 Å². The number of hydrogen-bond acceptors (Lipinski definition) is 5. The molecular formula is C25H32N2O5S. The molecule has 0 aromatic heterocycles. The number of benzene rings is 2. The number of likely N-dealkylation sites (N-methyl/N-ethyl adjacent to an activating group) is 1. The number of carbonyl (C=O) groups is 1. The smallest absolute Gasteiger partial charge is 0.254 e. The Morgan fingerprint density at radius 3 is 2.45 bits per heavy atom. The molecule has 0 bridgehead atoms. The van der Waals surface area contributed by atoms with E-state index in [1.54, 1.807) is 27.4 Å². The van der Waals surface area contributed by atoms with Crippen molar-refractivity contribution in [3.63, 3.8) is 0 Å². The maximum Gasteiger partial charge on any atom is 0.254 e. The molecule has 1 amide bonds. The van der Waals surface area contributed by atoms with Crippen molar-refractivity contribution in [2.24, 2.45) is 11.8 Å². The minimum atomic E-state index is -3.66. The van der Waals surface area contributed by atoms with Crippen molar-refractivity contribution in [3.05, 3.63) is 54.1 Å². The Hall–Kier alpha value is -2.58. The molecular weight excluding hydrogens is 440 g/mol. The van der Waals surface area contributed by atoms with Gasteiger partial charge >= 0.3 is 0 Å². The maximum absolute atomic E-state index is 13.3. The Labute approximate surface area is 196 Å². The number of carbonyl (C=O) groups excluding carboxylic acids is 1. The van der Waals surface area contributed by atoms with Crippen LogP contribution in [-0.2, 0) is 10.0 Å². The van der Waals surface area contributed by atoms with E-state index >= 15 is 0 Å². The Morgan fingerprint density at radius 1 is 1.06 bits per heavy atom. The van der Waals surface area contributed by atoms with Crippen LogP contribution < -0.4 is 9.47 Å². The molecule has 0 N–H and O–H groups in total. The molecule has 0 saturated carbocycles. The average molecular weight is 473 g/mol. The standard InChI is InChI=1S/C25H32N2O5S/c1-4-26(16-21-17-31-23-10-5-6-11-24(23)32-21)25(28)20-8-7-9-22(13-20)33(29,30)27-14-18(2)12-19(3)15-27/h5-11,13,18-19,21H,4,12,14-17H2,1-3H3/t18-,19-,21+/m0/s1. The summed E-state index contributed by atoms with van der Waals surface area (Å²) in [5, 5.41) is 0. The molecule has 3 atom stereocenters. The van der Waals surface area contributed by atoms with Crippen LogP contribution in [0.15, 0.2) is 53.4 Å². The van der Waals surface area contributed by atoms with Crippen molar-refractivity contribution in [3.8, 4) is 11.5 Å². The Balaban J connectivity index is 1.49. The van der Waals surface area contributed by atoms with Crippen LogP contribution in [0.3, 0.4) is 0 Å². The van der Waals surface area contributed by atoms with Gasteiger partial charge in [-0.25, -0.2) is 8.42 Å². The van der Waals surface area contributed by atoms with Crippen LogP contribution in [0.25, 0.3) is 0 Å². The van der Waals surface area contributed by atoms with Crippen molar-refractivity contribution in [2.45, 2.75) is 38.2 Å². The monoisotopic (exact) mass is 472 g/mol. The minimum Gasteiger partial charge on any atom is -0.486 e. The van der Waals surface area contributed by atoms with Gasteiger partial charge in [-0.05, 0) is 55.5 Å². The maximum atomic E-state index is 13.3. The van der Waals surface area contributed by atoms with Crippen molar-refractivity contribution < 1.29 is 22.7 Å². The summed E-state index contributed by atoms with van der Waals surface area (Å²) in [6, 6.07) is 13.8. The molecule has 8 heteroatoms. The number of amides is 1. The van der Waals surface area contributed by atoms with Crippen molar-refractivity contribution in [1.82, 2.24) is 9.21 Å². The molecule has 178 valence electrons. The fourth-order valence-corrected chi connectivity index (χ4v) is 6.40. The normalized spacial score (nSPS) is 23.2. The molecule has 1 fully saturated rings. The molecule has 0 unspecified atom stereocenters. The second-order valence-electron chi connectivity index (χ2n) is 9.14. The summed E-state index contributed by atoms with van der Waals surface area (Å²) in [6.45, 7) is 8.23. The number of piperidine rings is 1. The highest BCUT2D eigenvalue weighted by Gasteiger charge is 2.32. The molecule has 2 aliphatic rings. The highest BCUT2D eigenvalue weighted by Crippen LogP contribution is 2.31. The molecule has 2 heterocycles. The van der Waals surface area contributed by atoms with Crippen LogP contribution in [0, 0.1) is 11.8 Å². The van der Waals surface area contributed by atoms with E-state index in [2.05, 4.69) is 13.8 Å². The lowest BCUT2D eigenvalue weighted by Crippen LogP contribution is -2.44. The lowest BCUT2D eigenvalue weighted by molar-refractivity contribution is 0.0474. The average Bonchev–Trinajstić information content (AvgIpc) is 2.81. The summed E-state index contributed by atoms with van der Waals surface area (Å²) in [5.41, 5.74) is 0.355. The Bertz CT molecular complexity index is 1090. The number of ether oxygens (including phenoxy) is 2. The topological polar surface area (TPSA) is 76.1 Å². The number of rotatable bonds is 6. The Kier molecular flexibility index (Phi) is 6.95. The quantitative estimate of drug-likeness (QED) is 0.641. The SMILES string of the molecule is CCN(C[C@@H]1COc2ccccc2O1)C(=O)c1cccc(S(=O)(=O)N2C[C@@H](C)C[C@H](C)C2)c1. The molecule has 4 rings (SSSR count). The predicted molar refractivity (Wildman–Crippen MR) is 126 cm³/mol. The van der Waals surface area contributed by atoms with Gasteiger partial charge < -0.3 is 14.4 Å². The van der Waals surface area contributed by atoms with E-state index in [0.29, 0.717) is 61.7 Å². The van der Waals surface area contributed by atoms with E-state index in [0.717, 1.165) is 6.42 Å². The number of hydrogen-bond donors (Lipinski definition) is 0. The predicted octanol–water partition coefficient (Wildman–Crippen LogP) is 3.66. The van der Waals surface area contributed by atoms with Crippen LogP contribution in [0.5, 0.6) is 11.5 Å². The molecule has 0 aliphatic carbocycles. The highest BCUT2D eigenvalue weighted by molar-refractivity contribution is 7.89. The summed E-state index contributed by atoms with van der Waals surface area (Å²) < 4.78 is 39.9.